The minimum Gasteiger partial charge on any atom is -0.390 e. The summed E-state index contributed by atoms with van der Waals surface area (Å²) in [5, 5.41) is 10.3. The molecule has 0 spiro atoms. The van der Waals surface area contributed by atoms with E-state index in [4.69, 9.17) is 0 Å². The number of aromatic nitrogens is 1. The molecule has 5 nitrogen and oxygen atoms in total. The van der Waals surface area contributed by atoms with Crippen molar-refractivity contribution in [3.05, 3.63) is 45.5 Å². The molecule has 24 heavy (non-hydrogen) atoms. The van der Waals surface area contributed by atoms with Gasteiger partial charge in [0.15, 0.2) is 0 Å². The van der Waals surface area contributed by atoms with Gasteiger partial charge in [-0.15, -0.1) is 0 Å². The van der Waals surface area contributed by atoms with Gasteiger partial charge in [-0.2, -0.15) is 0 Å². The molecular weight excluding hydrogens is 311 g/mol. The first kappa shape index (κ1) is 16.6. The Morgan fingerprint density at radius 3 is 2.83 bits per heavy atom. The Kier molecular flexibility index (Phi) is 4.17. The topological polar surface area (TPSA) is 73.4 Å². The van der Waals surface area contributed by atoms with Gasteiger partial charge in [0, 0.05) is 24.7 Å². The SMILES string of the molecule is Cc1cc(F)cc2c(=O)c(C(=O)N3CCCC(C)(O)CC3)c[nH]c12. The van der Waals surface area contributed by atoms with Crippen LogP contribution in [0.4, 0.5) is 4.39 Å². The van der Waals surface area contributed by atoms with E-state index in [0.29, 0.717) is 43.4 Å². The molecule has 128 valence electrons. The summed E-state index contributed by atoms with van der Waals surface area (Å²) in [6, 6.07) is 2.50. The van der Waals surface area contributed by atoms with Crippen molar-refractivity contribution in [2.24, 2.45) is 0 Å². The number of halogens is 1. The Balaban J connectivity index is 1.99. The number of aryl methyl sites for hydroxylation is 1. The minimum atomic E-state index is -0.787. The van der Waals surface area contributed by atoms with Gasteiger partial charge in [-0.1, -0.05) is 0 Å². The molecule has 1 aromatic carbocycles. The molecular formula is C18H21FN2O3. The van der Waals surface area contributed by atoms with Crippen LogP contribution in [0.25, 0.3) is 10.9 Å². The van der Waals surface area contributed by atoms with E-state index in [1.807, 2.05) is 0 Å². The Morgan fingerprint density at radius 1 is 1.33 bits per heavy atom. The van der Waals surface area contributed by atoms with Gasteiger partial charge in [-0.25, -0.2) is 4.39 Å². The van der Waals surface area contributed by atoms with Gasteiger partial charge in [0.2, 0.25) is 5.43 Å². The summed E-state index contributed by atoms with van der Waals surface area (Å²) in [6.07, 6.45) is 3.17. The predicted molar refractivity (Wildman–Crippen MR) is 89.6 cm³/mol. The molecule has 2 aromatic rings. The highest BCUT2D eigenvalue weighted by atomic mass is 19.1. The summed E-state index contributed by atoms with van der Waals surface area (Å²) in [5.74, 6) is -0.876. The molecule has 1 aliphatic rings. The molecule has 6 heteroatoms. The number of rotatable bonds is 1. The lowest BCUT2D eigenvalue weighted by molar-refractivity contribution is 0.0437. The Labute approximate surface area is 139 Å². The Bertz CT molecular complexity index is 857. The monoisotopic (exact) mass is 332 g/mol. The molecule has 1 aliphatic heterocycles. The first-order chi connectivity index (χ1) is 11.3. The molecule has 1 unspecified atom stereocenters. The lowest BCUT2D eigenvalue weighted by Gasteiger charge is -2.22. The summed E-state index contributed by atoms with van der Waals surface area (Å²) >= 11 is 0. The predicted octanol–water partition coefficient (Wildman–Crippen LogP) is 2.35. The van der Waals surface area contributed by atoms with Gasteiger partial charge in [0.1, 0.15) is 11.4 Å². The van der Waals surface area contributed by atoms with Crippen molar-refractivity contribution in [2.45, 2.75) is 38.7 Å². The number of carbonyl (C=O) groups excluding carboxylic acids is 1. The van der Waals surface area contributed by atoms with Crippen LogP contribution >= 0.6 is 0 Å². The second-order valence-electron chi connectivity index (χ2n) is 6.82. The standard InChI is InChI=1S/C18H21FN2O3/c1-11-8-12(19)9-13-15(11)20-10-14(16(13)22)17(23)21-6-3-4-18(2,24)5-7-21/h8-10,24H,3-7H2,1-2H3,(H,20,22). The molecule has 3 rings (SSSR count). The fourth-order valence-corrected chi connectivity index (χ4v) is 3.26. The maximum absolute atomic E-state index is 13.6. The number of nitrogens with zero attached hydrogens (tertiary/aromatic N) is 1. The van der Waals surface area contributed by atoms with Gasteiger partial charge in [-0.05, 0) is 50.8 Å². The third kappa shape index (κ3) is 3.06. The van der Waals surface area contributed by atoms with Crippen LogP contribution in [0.2, 0.25) is 0 Å². The number of hydrogen-bond acceptors (Lipinski definition) is 3. The lowest BCUT2D eigenvalue weighted by Crippen LogP contribution is -2.36. The molecule has 1 aromatic heterocycles. The van der Waals surface area contributed by atoms with Gasteiger partial charge in [-0.3, -0.25) is 9.59 Å². The van der Waals surface area contributed by atoms with Crippen LogP contribution in [0.3, 0.4) is 0 Å². The number of nitrogens with one attached hydrogen (secondary N) is 1. The number of benzene rings is 1. The Morgan fingerprint density at radius 2 is 2.08 bits per heavy atom. The number of H-pyrrole nitrogens is 1. The molecule has 0 radical (unpaired) electrons. The minimum absolute atomic E-state index is 0.00837. The molecule has 1 saturated heterocycles. The molecule has 2 N–H and O–H groups in total. The molecule has 0 saturated carbocycles. The fourth-order valence-electron chi connectivity index (χ4n) is 3.26. The molecule has 1 atom stereocenters. The van der Waals surface area contributed by atoms with Crippen molar-refractivity contribution in [1.82, 2.24) is 9.88 Å². The molecule has 1 fully saturated rings. The largest absolute Gasteiger partial charge is 0.390 e. The molecule has 1 amide bonds. The smallest absolute Gasteiger partial charge is 0.259 e. The maximum Gasteiger partial charge on any atom is 0.259 e. The number of fused-ring (bicyclic) bond motifs is 1. The first-order valence-corrected chi connectivity index (χ1v) is 8.12. The second-order valence-corrected chi connectivity index (χ2v) is 6.82. The zero-order valence-electron chi connectivity index (χ0n) is 13.9. The first-order valence-electron chi connectivity index (χ1n) is 8.12. The number of aromatic amines is 1. The fraction of sp³-hybridized carbons (Fsp3) is 0.444. The van der Waals surface area contributed by atoms with Crippen LogP contribution in [0.15, 0.2) is 23.1 Å². The highest BCUT2D eigenvalue weighted by molar-refractivity contribution is 5.97. The van der Waals surface area contributed by atoms with Crippen molar-refractivity contribution in [1.29, 1.82) is 0 Å². The van der Waals surface area contributed by atoms with Gasteiger partial charge >= 0.3 is 0 Å². The molecule has 0 aliphatic carbocycles. The van der Waals surface area contributed by atoms with Crippen LogP contribution in [0, 0.1) is 12.7 Å². The summed E-state index contributed by atoms with van der Waals surface area (Å²) in [4.78, 5) is 29.9. The zero-order valence-corrected chi connectivity index (χ0v) is 13.9. The maximum atomic E-state index is 13.6. The molecule has 0 bridgehead atoms. The second kappa shape index (κ2) is 6.02. The van der Waals surface area contributed by atoms with Crippen molar-refractivity contribution < 1.29 is 14.3 Å². The van der Waals surface area contributed by atoms with Crippen LogP contribution < -0.4 is 5.43 Å². The van der Waals surface area contributed by atoms with Gasteiger partial charge in [0.05, 0.1) is 11.1 Å². The average molecular weight is 332 g/mol. The van der Waals surface area contributed by atoms with E-state index in [0.717, 1.165) is 6.07 Å². The van der Waals surface area contributed by atoms with Crippen molar-refractivity contribution in [2.75, 3.05) is 13.1 Å². The number of aliphatic hydroxyl groups is 1. The van der Waals surface area contributed by atoms with Crippen LogP contribution in [0.1, 0.15) is 42.1 Å². The van der Waals surface area contributed by atoms with E-state index >= 15 is 0 Å². The van der Waals surface area contributed by atoms with Crippen LogP contribution in [-0.2, 0) is 0 Å². The Hall–Kier alpha value is -2.21. The summed E-state index contributed by atoms with van der Waals surface area (Å²) < 4.78 is 13.6. The van der Waals surface area contributed by atoms with E-state index in [-0.39, 0.29) is 16.9 Å². The van der Waals surface area contributed by atoms with Crippen LogP contribution in [-0.4, -0.2) is 39.6 Å². The van der Waals surface area contributed by atoms with Crippen molar-refractivity contribution >= 4 is 16.8 Å². The third-order valence-corrected chi connectivity index (χ3v) is 4.73. The van der Waals surface area contributed by atoms with Crippen molar-refractivity contribution in [3.63, 3.8) is 0 Å². The van der Waals surface area contributed by atoms with Gasteiger partial charge in [0.25, 0.3) is 5.91 Å². The van der Waals surface area contributed by atoms with E-state index in [9.17, 15) is 19.1 Å². The van der Waals surface area contributed by atoms with E-state index in [1.165, 1.54) is 12.3 Å². The number of hydrogen-bond donors (Lipinski definition) is 2. The van der Waals surface area contributed by atoms with E-state index in [2.05, 4.69) is 4.98 Å². The average Bonchev–Trinajstić information content (AvgIpc) is 2.68. The number of pyridine rings is 1. The number of amides is 1. The highest BCUT2D eigenvalue weighted by Crippen LogP contribution is 2.22. The third-order valence-electron chi connectivity index (χ3n) is 4.73. The van der Waals surface area contributed by atoms with Crippen molar-refractivity contribution in [3.8, 4) is 0 Å². The van der Waals surface area contributed by atoms with Crippen LogP contribution in [0.5, 0.6) is 0 Å². The quantitative estimate of drug-likeness (QED) is 0.842. The number of carbonyl (C=O) groups is 1. The van der Waals surface area contributed by atoms with E-state index < -0.39 is 16.8 Å². The molecule has 2 heterocycles. The number of likely N-dealkylation sites (tertiary alicyclic amines) is 1. The normalized spacial score (nSPS) is 21.8. The lowest BCUT2D eigenvalue weighted by atomic mass is 9.98. The van der Waals surface area contributed by atoms with Gasteiger partial charge < -0.3 is 15.0 Å². The van der Waals surface area contributed by atoms with E-state index in [1.54, 1.807) is 18.7 Å². The summed E-state index contributed by atoms with van der Waals surface area (Å²) in [7, 11) is 0. The summed E-state index contributed by atoms with van der Waals surface area (Å²) in [6.45, 7) is 4.36. The summed E-state index contributed by atoms with van der Waals surface area (Å²) in [5.41, 5.74) is -0.0875. The zero-order chi connectivity index (χ0) is 17.5. The highest BCUT2D eigenvalue weighted by Gasteiger charge is 2.28.